The highest BCUT2D eigenvalue weighted by molar-refractivity contribution is 5.97. The maximum atomic E-state index is 13.1. The largest absolute Gasteiger partial charge is 0.477 e. The van der Waals surface area contributed by atoms with Crippen molar-refractivity contribution in [3.05, 3.63) is 47.2 Å². The van der Waals surface area contributed by atoms with Crippen LogP contribution < -0.4 is 10.6 Å². The number of hydrogen-bond donors (Lipinski definition) is 4. The van der Waals surface area contributed by atoms with E-state index in [-0.39, 0.29) is 29.9 Å². The zero-order chi connectivity index (χ0) is 19.3. The number of rotatable bonds is 7. The Balaban J connectivity index is 1.97. The SMILES string of the molecule is CCC(NC(=O)Cc1cc(F)cc(F)c1)C(=O)Nc1cc(C(=O)O)[nH]n1. The van der Waals surface area contributed by atoms with E-state index in [2.05, 4.69) is 20.8 Å². The number of carbonyl (C=O) groups is 3. The second kappa shape index (κ2) is 8.19. The molecule has 4 N–H and O–H groups in total. The van der Waals surface area contributed by atoms with Crippen LogP contribution in [0, 0.1) is 11.6 Å². The highest BCUT2D eigenvalue weighted by atomic mass is 19.1. The van der Waals surface area contributed by atoms with E-state index in [0.717, 1.165) is 18.2 Å². The number of amides is 2. The van der Waals surface area contributed by atoms with Crippen molar-refractivity contribution in [2.45, 2.75) is 25.8 Å². The zero-order valence-electron chi connectivity index (χ0n) is 13.7. The molecular formula is C16H16F2N4O4. The molecule has 1 aromatic carbocycles. The first kappa shape index (κ1) is 19.0. The number of halogens is 2. The second-order valence-corrected chi connectivity index (χ2v) is 5.44. The Labute approximate surface area is 146 Å². The van der Waals surface area contributed by atoms with Gasteiger partial charge < -0.3 is 15.7 Å². The molecule has 1 aromatic heterocycles. The summed E-state index contributed by atoms with van der Waals surface area (Å²) in [5, 5.41) is 19.5. The van der Waals surface area contributed by atoms with Crippen LogP contribution in [0.4, 0.5) is 14.6 Å². The Kier molecular flexibility index (Phi) is 5.99. The van der Waals surface area contributed by atoms with Crippen molar-refractivity contribution in [2.75, 3.05) is 5.32 Å². The molecule has 0 saturated carbocycles. The van der Waals surface area contributed by atoms with Crippen LogP contribution in [-0.4, -0.2) is 39.1 Å². The summed E-state index contributed by atoms with van der Waals surface area (Å²) >= 11 is 0. The summed E-state index contributed by atoms with van der Waals surface area (Å²) in [4.78, 5) is 35.0. The Hall–Kier alpha value is -3.30. The van der Waals surface area contributed by atoms with Gasteiger partial charge in [-0.3, -0.25) is 14.7 Å². The van der Waals surface area contributed by atoms with Crippen LogP contribution in [0.1, 0.15) is 29.4 Å². The fourth-order valence-corrected chi connectivity index (χ4v) is 2.21. The van der Waals surface area contributed by atoms with Gasteiger partial charge in [-0.05, 0) is 24.1 Å². The molecule has 1 atom stereocenters. The number of carboxylic acid groups (broad SMARTS) is 1. The molecule has 1 heterocycles. The average molecular weight is 366 g/mol. The van der Waals surface area contributed by atoms with Gasteiger partial charge in [0.25, 0.3) is 0 Å². The lowest BCUT2D eigenvalue weighted by atomic mass is 10.1. The Morgan fingerprint density at radius 3 is 2.38 bits per heavy atom. The average Bonchev–Trinajstić information content (AvgIpc) is 3.00. The van der Waals surface area contributed by atoms with E-state index in [1.54, 1.807) is 6.92 Å². The molecule has 0 bridgehead atoms. The van der Waals surface area contributed by atoms with E-state index in [0.29, 0.717) is 6.07 Å². The minimum atomic E-state index is -1.24. The molecule has 0 saturated heterocycles. The van der Waals surface area contributed by atoms with Crippen LogP contribution in [0.2, 0.25) is 0 Å². The molecular weight excluding hydrogens is 350 g/mol. The van der Waals surface area contributed by atoms with Gasteiger partial charge in [0.05, 0.1) is 6.42 Å². The molecule has 0 aliphatic heterocycles. The quantitative estimate of drug-likeness (QED) is 0.591. The Morgan fingerprint density at radius 2 is 1.85 bits per heavy atom. The third-order valence-electron chi connectivity index (χ3n) is 3.41. The number of nitrogens with zero attached hydrogens (tertiary/aromatic N) is 1. The van der Waals surface area contributed by atoms with Crippen molar-refractivity contribution in [3.63, 3.8) is 0 Å². The maximum absolute atomic E-state index is 13.1. The van der Waals surface area contributed by atoms with E-state index < -0.39 is 35.5 Å². The first-order chi connectivity index (χ1) is 12.3. The van der Waals surface area contributed by atoms with Gasteiger partial charge in [0.2, 0.25) is 11.8 Å². The second-order valence-electron chi connectivity index (χ2n) is 5.44. The lowest BCUT2D eigenvalue weighted by Crippen LogP contribution is -2.44. The van der Waals surface area contributed by atoms with Gasteiger partial charge in [-0.1, -0.05) is 6.92 Å². The van der Waals surface area contributed by atoms with Gasteiger partial charge in [-0.2, -0.15) is 5.10 Å². The molecule has 0 aliphatic carbocycles. The zero-order valence-corrected chi connectivity index (χ0v) is 13.7. The fourth-order valence-electron chi connectivity index (χ4n) is 2.21. The highest BCUT2D eigenvalue weighted by Crippen LogP contribution is 2.10. The molecule has 2 rings (SSSR count). The third-order valence-corrected chi connectivity index (χ3v) is 3.41. The van der Waals surface area contributed by atoms with E-state index in [9.17, 15) is 23.2 Å². The van der Waals surface area contributed by atoms with Gasteiger partial charge in [-0.15, -0.1) is 0 Å². The van der Waals surface area contributed by atoms with Crippen molar-refractivity contribution in [1.82, 2.24) is 15.5 Å². The number of H-pyrrole nitrogens is 1. The lowest BCUT2D eigenvalue weighted by Gasteiger charge is -2.16. The number of hydrogen-bond acceptors (Lipinski definition) is 4. The smallest absolute Gasteiger partial charge is 0.353 e. The number of nitrogens with one attached hydrogen (secondary N) is 3. The third kappa shape index (κ3) is 5.10. The number of carbonyl (C=O) groups excluding carboxylic acids is 2. The highest BCUT2D eigenvalue weighted by Gasteiger charge is 2.20. The minimum absolute atomic E-state index is 0.00713. The normalized spacial score (nSPS) is 11.7. The number of aromatic nitrogens is 2. The monoisotopic (exact) mass is 366 g/mol. The van der Waals surface area contributed by atoms with Crippen molar-refractivity contribution in [3.8, 4) is 0 Å². The van der Waals surface area contributed by atoms with Crippen molar-refractivity contribution < 1.29 is 28.3 Å². The maximum Gasteiger partial charge on any atom is 0.353 e. The van der Waals surface area contributed by atoms with Crippen LogP contribution in [0.5, 0.6) is 0 Å². The van der Waals surface area contributed by atoms with E-state index in [4.69, 9.17) is 5.11 Å². The molecule has 0 aliphatic rings. The molecule has 1 unspecified atom stereocenters. The molecule has 2 amide bonds. The van der Waals surface area contributed by atoms with Crippen LogP contribution in [-0.2, 0) is 16.0 Å². The van der Waals surface area contributed by atoms with E-state index in [1.807, 2.05) is 0 Å². The van der Waals surface area contributed by atoms with Crippen molar-refractivity contribution in [1.29, 1.82) is 0 Å². The summed E-state index contributed by atoms with van der Waals surface area (Å²) < 4.78 is 26.3. The summed E-state index contributed by atoms with van der Waals surface area (Å²) in [5.74, 6) is -4.04. The Bertz CT molecular complexity index is 817. The molecule has 26 heavy (non-hydrogen) atoms. The minimum Gasteiger partial charge on any atom is -0.477 e. The van der Waals surface area contributed by atoms with Crippen LogP contribution in [0.25, 0.3) is 0 Å². The molecule has 2 aromatic rings. The predicted octanol–water partition coefficient (Wildman–Crippen LogP) is 1.46. The summed E-state index contributed by atoms with van der Waals surface area (Å²) in [6, 6.07) is 2.95. The summed E-state index contributed by atoms with van der Waals surface area (Å²) in [6.45, 7) is 1.65. The standard InChI is InChI=1S/C16H16F2N4O4/c1-2-11(15(24)20-13-7-12(16(25)26)21-22-13)19-14(23)5-8-3-9(17)6-10(18)4-8/h3-4,6-7,11H,2,5H2,1H3,(H,19,23)(H,25,26)(H2,20,21,22,24). The van der Waals surface area contributed by atoms with Crippen LogP contribution in [0.3, 0.4) is 0 Å². The first-order valence-electron chi connectivity index (χ1n) is 7.62. The number of aromatic carboxylic acids is 1. The Morgan fingerprint density at radius 1 is 1.19 bits per heavy atom. The topological polar surface area (TPSA) is 124 Å². The molecule has 10 heteroatoms. The molecule has 0 fully saturated rings. The predicted molar refractivity (Wildman–Crippen MR) is 86.5 cm³/mol. The summed E-state index contributed by atoms with van der Waals surface area (Å²) in [6.07, 6.45) is -0.0602. The number of carboxylic acids is 1. The van der Waals surface area contributed by atoms with E-state index >= 15 is 0 Å². The van der Waals surface area contributed by atoms with Crippen LogP contribution >= 0.6 is 0 Å². The van der Waals surface area contributed by atoms with Gasteiger partial charge in [-0.25, -0.2) is 13.6 Å². The molecule has 138 valence electrons. The summed E-state index contributed by atoms with van der Waals surface area (Å²) in [5.41, 5.74) is -0.0702. The lowest BCUT2D eigenvalue weighted by molar-refractivity contribution is -0.126. The summed E-state index contributed by atoms with van der Waals surface area (Å²) in [7, 11) is 0. The fraction of sp³-hybridized carbons (Fsp3) is 0.250. The van der Waals surface area contributed by atoms with Gasteiger partial charge >= 0.3 is 5.97 Å². The van der Waals surface area contributed by atoms with Gasteiger partial charge in [0.1, 0.15) is 23.4 Å². The first-order valence-corrected chi connectivity index (χ1v) is 7.62. The number of anilines is 1. The van der Waals surface area contributed by atoms with Gasteiger partial charge in [0, 0.05) is 12.1 Å². The van der Waals surface area contributed by atoms with Gasteiger partial charge in [0.15, 0.2) is 5.82 Å². The van der Waals surface area contributed by atoms with Crippen molar-refractivity contribution in [2.24, 2.45) is 0 Å². The number of aromatic amines is 1. The molecule has 0 radical (unpaired) electrons. The van der Waals surface area contributed by atoms with E-state index in [1.165, 1.54) is 0 Å². The number of benzene rings is 1. The van der Waals surface area contributed by atoms with Crippen LogP contribution in [0.15, 0.2) is 24.3 Å². The molecule has 0 spiro atoms. The molecule has 8 nitrogen and oxygen atoms in total. The van der Waals surface area contributed by atoms with Crippen molar-refractivity contribution >= 4 is 23.6 Å².